The van der Waals surface area contributed by atoms with Gasteiger partial charge < -0.3 is 15.1 Å². The Morgan fingerprint density at radius 3 is 2.64 bits per heavy atom. The zero-order chi connectivity index (χ0) is 19.7. The second kappa shape index (κ2) is 7.68. The summed E-state index contributed by atoms with van der Waals surface area (Å²) in [6.07, 6.45) is 3.64. The van der Waals surface area contributed by atoms with Crippen molar-refractivity contribution in [1.82, 2.24) is 20.2 Å². The summed E-state index contributed by atoms with van der Waals surface area (Å²) < 4.78 is 14.7. The van der Waals surface area contributed by atoms with E-state index in [-0.39, 0.29) is 25.0 Å². The van der Waals surface area contributed by atoms with E-state index < -0.39 is 12.1 Å². The fraction of sp³-hybridized carbons (Fsp3) is 0.500. The van der Waals surface area contributed by atoms with E-state index in [1.165, 1.54) is 6.20 Å². The van der Waals surface area contributed by atoms with Gasteiger partial charge in [-0.3, -0.25) is 14.8 Å². The number of hydrogen-bond acceptors (Lipinski definition) is 6. The predicted octanol–water partition coefficient (Wildman–Crippen LogP) is 1.49. The molecule has 4 rings (SSSR count). The van der Waals surface area contributed by atoms with Gasteiger partial charge in [-0.15, -0.1) is 0 Å². The first-order valence-electron chi connectivity index (χ1n) is 9.58. The lowest BCUT2D eigenvalue weighted by atomic mass is 10.0. The molecule has 28 heavy (non-hydrogen) atoms. The standard InChI is InChI=1S/C20H23FN6O/c1-26-8-4-14(5-9-26)25-20(28)15-11-27(12-16(15)21)17-3-2-13(10-22)18-19(17)24-7-6-23-18/h2-3,6-7,14-16H,4-5,8-9,11-12H2,1H3,(H,25,28)/t15-,16-/m0/s1. The zero-order valence-corrected chi connectivity index (χ0v) is 15.8. The number of likely N-dealkylation sites (tertiary alicyclic amines) is 1. The van der Waals surface area contributed by atoms with Crippen LogP contribution in [-0.2, 0) is 4.79 Å². The monoisotopic (exact) mass is 382 g/mol. The molecule has 2 aliphatic heterocycles. The Labute approximate surface area is 163 Å². The average Bonchev–Trinajstić information content (AvgIpc) is 3.10. The molecule has 2 aliphatic rings. The maximum Gasteiger partial charge on any atom is 0.228 e. The number of nitrogens with zero attached hydrogens (tertiary/aromatic N) is 5. The largest absolute Gasteiger partial charge is 0.366 e. The van der Waals surface area contributed by atoms with Crippen molar-refractivity contribution in [2.75, 3.05) is 38.1 Å². The third-order valence-corrected chi connectivity index (χ3v) is 5.72. The average molecular weight is 382 g/mol. The van der Waals surface area contributed by atoms with Gasteiger partial charge in [-0.1, -0.05) is 0 Å². The molecule has 146 valence electrons. The molecule has 1 amide bonds. The Morgan fingerprint density at radius 2 is 1.93 bits per heavy atom. The summed E-state index contributed by atoms with van der Waals surface area (Å²) in [4.78, 5) is 25.3. The van der Waals surface area contributed by atoms with E-state index in [0.717, 1.165) is 25.9 Å². The molecule has 2 saturated heterocycles. The lowest BCUT2D eigenvalue weighted by molar-refractivity contribution is -0.126. The summed E-state index contributed by atoms with van der Waals surface area (Å²) in [7, 11) is 2.06. The first-order chi connectivity index (χ1) is 13.6. The van der Waals surface area contributed by atoms with E-state index in [0.29, 0.717) is 22.3 Å². The van der Waals surface area contributed by atoms with Crippen LogP contribution in [0.5, 0.6) is 0 Å². The Morgan fingerprint density at radius 1 is 1.21 bits per heavy atom. The van der Waals surface area contributed by atoms with E-state index in [4.69, 9.17) is 0 Å². The van der Waals surface area contributed by atoms with Gasteiger partial charge in [-0.2, -0.15) is 5.26 Å². The number of fused-ring (bicyclic) bond motifs is 1. The molecule has 1 aromatic carbocycles. The van der Waals surface area contributed by atoms with Crippen LogP contribution in [0.1, 0.15) is 18.4 Å². The Kier molecular flexibility index (Phi) is 5.09. The van der Waals surface area contributed by atoms with Crippen molar-refractivity contribution >= 4 is 22.6 Å². The first-order valence-corrected chi connectivity index (χ1v) is 9.58. The van der Waals surface area contributed by atoms with Gasteiger partial charge in [0.05, 0.1) is 23.7 Å². The minimum Gasteiger partial charge on any atom is -0.366 e. The highest BCUT2D eigenvalue weighted by molar-refractivity contribution is 5.92. The van der Waals surface area contributed by atoms with E-state index >= 15 is 0 Å². The highest BCUT2D eigenvalue weighted by Gasteiger charge is 2.39. The molecular weight excluding hydrogens is 359 g/mol. The second-order valence-electron chi connectivity index (χ2n) is 7.61. The highest BCUT2D eigenvalue weighted by Crippen LogP contribution is 2.32. The van der Waals surface area contributed by atoms with Gasteiger partial charge in [0.2, 0.25) is 5.91 Å². The Hall–Kier alpha value is -2.79. The number of piperidine rings is 1. The number of benzene rings is 1. The topological polar surface area (TPSA) is 85.2 Å². The normalized spacial score (nSPS) is 23.7. The molecular formula is C20H23FN6O. The summed E-state index contributed by atoms with van der Waals surface area (Å²) in [5.74, 6) is -0.921. The van der Waals surface area contributed by atoms with Gasteiger partial charge in [0.25, 0.3) is 0 Å². The third-order valence-electron chi connectivity index (χ3n) is 5.72. The van der Waals surface area contributed by atoms with Crippen molar-refractivity contribution in [3.8, 4) is 6.07 Å². The van der Waals surface area contributed by atoms with Crippen molar-refractivity contribution in [1.29, 1.82) is 5.26 Å². The maximum atomic E-state index is 14.7. The molecule has 2 fully saturated rings. The molecule has 0 spiro atoms. The van der Waals surface area contributed by atoms with E-state index in [1.807, 2.05) is 4.90 Å². The van der Waals surface area contributed by atoms with Crippen molar-refractivity contribution < 1.29 is 9.18 Å². The molecule has 0 saturated carbocycles. The summed E-state index contributed by atoms with van der Waals surface area (Å²) in [5, 5.41) is 12.3. The van der Waals surface area contributed by atoms with E-state index in [2.05, 4.69) is 33.3 Å². The first kappa shape index (κ1) is 18.6. The summed E-state index contributed by atoms with van der Waals surface area (Å²) in [5.41, 5.74) is 2.20. The molecule has 7 nitrogen and oxygen atoms in total. The molecule has 2 aromatic rings. The summed E-state index contributed by atoms with van der Waals surface area (Å²) in [6, 6.07) is 5.66. The van der Waals surface area contributed by atoms with Gasteiger partial charge in [0.15, 0.2) is 0 Å². The molecule has 1 N–H and O–H groups in total. The molecule has 1 aromatic heterocycles. The number of aromatic nitrogens is 2. The molecule has 0 unspecified atom stereocenters. The van der Waals surface area contributed by atoms with Crippen molar-refractivity contribution in [2.24, 2.45) is 5.92 Å². The number of carbonyl (C=O) groups excluding carboxylic acids is 1. The Balaban J connectivity index is 1.51. The molecule has 0 radical (unpaired) electrons. The second-order valence-corrected chi connectivity index (χ2v) is 7.61. The van der Waals surface area contributed by atoms with Crippen LogP contribution in [0.2, 0.25) is 0 Å². The fourth-order valence-corrected chi connectivity index (χ4v) is 4.06. The fourth-order valence-electron chi connectivity index (χ4n) is 4.06. The van der Waals surface area contributed by atoms with Crippen LogP contribution in [0.3, 0.4) is 0 Å². The van der Waals surface area contributed by atoms with Crippen molar-refractivity contribution in [3.63, 3.8) is 0 Å². The molecule has 3 heterocycles. The van der Waals surface area contributed by atoms with Crippen LogP contribution in [0, 0.1) is 17.2 Å². The molecule has 2 atom stereocenters. The van der Waals surface area contributed by atoms with Crippen LogP contribution >= 0.6 is 0 Å². The number of anilines is 1. The van der Waals surface area contributed by atoms with Gasteiger partial charge >= 0.3 is 0 Å². The lowest BCUT2D eigenvalue weighted by Crippen LogP contribution is -2.46. The molecule has 8 heteroatoms. The van der Waals surface area contributed by atoms with Crippen molar-refractivity contribution in [3.05, 3.63) is 30.1 Å². The van der Waals surface area contributed by atoms with Crippen LogP contribution in [0.25, 0.3) is 11.0 Å². The van der Waals surface area contributed by atoms with Gasteiger partial charge in [-0.05, 0) is 45.1 Å². The summed E-state index contributed by atoms with van der Waals surface area (Å²) in [6.45, 7) is 2.30. The van der Waals surface area contributed by atoms with Gasteiger partial charge in [-0.25, -0.2) is 4.39 Å². The van der Waals surface area contributed by atoms with Gasteiger partial charge in [0.1, 0.15) is 23.3 Å². The summed E-state index contributed by atoms with van der Waals surface area (Å²) >= 11 is 0. The van der Waals surface area contributed by atoms with Crippen molar-refractivity contribution in [2.45, 2.75) is 25.1 Å². The number of rotatable bonds is 3. The highest BCUT2D eigenvalue weighted by atomic mass is 19.1. The van der Waals surface area contributed by atoms with Crippen LogP contribution in [0.4, 0.5) is 10.1 Å². The number of carbonyl (C=O) groups is 1. The molecule has 0 aliphatic carbocycles. The quantitative estimate of drug-likeness (QED) is 0.866. The minimum absolute atomic E-state index is 0.117. The number of amides is 1. The number of nitrogens with one attached hydrogen (secondary N) is 1. The Bertz CT molecular complexity index is 921. The smallest absolute Gasteiger partial charge is 0.228 e. The number of halogens is 1. The van der Waals surface area contributed by atoms with Gasteiger partial charge in [0, 0.05) is 25.0 Å². The van der Waals surface area contributed by atoms with Crippen LogP contribution in [0.15, 0.2) is 24.5 Å². The SMILES string of the molecule is CN1CCC(NC(=O)[C@H]2CN(c3ccc(C#N)c4nccnc34)C[C@@H]2F)CC1. The minimum atomic E-state index is -1.24. The number of alkyl halides is 1. The van der Waals surface area contributed by atoms with E-state index in [9.17, 15) is 14.4 Å². The lowest BCUT2D eigenvalue weighted by Gasteiger charge is -2.30. The number of hydrogen-bond donors (Lipinski definition) is 1. The van der Waals surface area contributed by atoms with Crippen LogP contribution < -0.4 is 10.2 Å². The van der Waals surface area contributed by atoms with E-state index in [1.54, 1.807) is 18.3 Å². The third kappa shape index (κ3) is 3.50. The van der Waals surface area contributed by atoms with Crippen LogP contribution in [-0.4, -0.2) is 66.2 Å². The predicted molar refractivity (Wildman–Crippen MR) is 104 cm³/mol. The number of nitriles is 1. The maximum absolute atomic E-state index is 14.7. The zero-order valence-electron chi connectivity index (χ0n) is 15.8. The molecule has 0 bridgehead atoms.